The summed E-state index contributed by atoms with van der Waals surface area (Å²) in [5.41, 5.74) is 0. The smallest absolute Gasteiger partial charge is 0.237 e. The number of hydrogen-bond acceptors (Lipinski definition) is 0. The number of hydrogen-bond donors (Lipinski definition) is 0. The van der Waals surface area contributed by atoms with E-state index in [4.69, 9.17) is 0 Å². The maximum atomic E-state index is 11.6. The Bertz CT molecular complexity index is 395. The van der Waals surface area contributed by atoms with Crippen LogP contribution in [0.4, 0.5) is 52.7 Å². The van der Waals surface area contributed by atoms with Crippen molar-refractivity contribution in [2.75, 3.05) is 0 Å². The lowest BCUT2D eigenvalue weighted by Crippen LogP contribution is -2.70. The van der Waals surface area contributed by atoms with E-state index in [1.807, 2.05) is 0 Å². The second kappa shape index (κ2) is 4.20. The summed E-state index contributed by atoms with van der Waals surface area (Å²) < 4.78 is 139. The molecule has 0 nitrogen and oxygen atoms in total. The predicted molar refractivity (Wildman–Crippen MR) is 38.8 cm³/mol. The molecule has 12 heteroatoms. The average molecular weight is 326 g/mol. The van der Waals surface area contributed by atoms with Crippen molar-refractivity contribution in [3.05, 3.63) is 11.7 Å². The third-order valence-electron chi connectivity index (χ3n) is 2.53. The zero-order chi connectivity index (χ0) is 16.3. The van der Waals surface area contributed by atoms with Crippen molar-refractivity contribution in [2.24, 2.45) is 0 Å². The van der Waals surface area contributed by atoms with Gasteiger partial charge in [-0.1, -0.05) is 0 Å². The van der Waals surface area contributed by atoms with Crippen molar-refractivity contribution in [2.45, 2.75) is 36.0 Å². The van der Waals surface area contributed by atoms with Crippen LogP contribution in [0, 0.1) is 0 Å². The monoisotopic (exact) mass is 326 g/mol. The van der Waals surface area contributed by atoms with Crippen LogP contribution in [0.2, 0.25) is 0 Å². The van der Waals surface area contributed by atoms with Gasteiger partial charge in [-0.2, -0.15) is 35.1 Å². The van der Waals surface area contributed by atoms with Crippen molar-refractivity contribution >= 4 is 0 Å². The molecular weight excluding hydrogens is 324 g/mol. The highest BCUT2D eigenvalue weighted by atomic mass is 19.3. The summed E-state index contributed by atoms with van der Waals surface area (Å²) in [6.07, 6.45) is -6.72. The third-order valence-corrected chi connectivity index (χ3v) is 2.53. The Hall–Kier alpha value is -1.10. The maximum absolute atomic E-state index is 11.6. The van der Waals surface area contributed by atoms with Gasteiger partial charge in [0.1, 0.15) is 0 Å². The third kappa shape index (κ3) is 1.79. The van der Waals surface area contributed by atoms with E-state index >= 15 is 0 Å². The molecule has 0 radical (unpaired) electrons. The molecule has 0 heterocycles. The van der Waals surface area contributed by atoms with Crippen LogP contribution in [0.15, 0.2) is 11.7 Å². The molecule has 2 unspecified atom stereocenters. The lowest BCUT2D eigenvalue weighted by Gasteiger charge is -2.41. The van der Waals surface area contributed by atoms with E-state index in [-0.39, 0.29) is 0 Å². The van der Waals surface area contributed by atoms with Crippen LogP contribution in [-0.2, 0) is 0 Å². The first-order chi connectivity index (χ1) is 8.63. The summed E-state index contributed by atoms with van der Waals surface area (Å²) in [5.74, 6) is -24.9. The molecule has 2 atom stereocenters. The van der Waals surface area contributed by atoms with Crippen LogP contribution in [0.25, 0.3) is 0 Å². The van der Waals surface area contributed by atoms with Gasteiger partial charge >= 0.3 is 23.7 Å². The summed E-state index contributed by atoms with van der Waals surface area (Å²) >= 11 is 0. The fourth-order valence-corrected chi connectivity index (χ4v) is 1.13. The van der Waals surface area contributed by atoms with Gasteiger partial charge in [0.05, 0.1) is 0 Å². The minimum absolute atomic E-state index is 2.67. The van der Waals surface area contributed by atoms with Crippen LogP contribution in [0.3, 0.4) is 0 Å². The number of allylic oxidation sites excluding steroid dienone is 2. The van der Waals surface area contributed by atoms with Crippen LogP contribution in [0.1, 0.15) is 0 Å². The molecule has 0 aromatic heterocycles. The molecule has 2 aliphatic rings. The Balaban J connectivity index is 0.000000200. The minimum Gasteiger partial charge on any atom is -0.237 e. The van der Waals surface area contributed by atoms with E-state index < -0.39 is 47.7 Å². The van der Waals surface area contributed by atoms with Gasteiger partial charge in [0, 0.05) is 0 Å². The first kappa shape index (κ1) is 17.0. The Kier molecular flexibility index (Phi) is 3.56. The molecule has 0 spiro atoms. The van der Waals surface area contributed by atoms with Gasteiger partial charge in [0.2, 0.25) is 24.0 Å². The second-order valence-electron chi connectivity index (χ2n) is 3.83. The van der Waals surface area contributed by atoms with Crippen LogP contribution < -0.4 is 0 Å². The summed E-state index contributed by atoms with van der Waals surface area (Å²) in [6.45, 7) is 0. The maximum Gasteiger partial charge on any atom is 0.370 e. The van der Waals surface area contributed by atoms with Crippen molar-refractivity contribution in [1.82, 2.24) is 0 Å². The van der Waals surface area contributed by atoms with Crippen LogP contribution in [-0.4, -0.2) is 36.0 Å². The zero-order valence-corrected chi connectivity index (χ0v) is 8.69. The Morgan fingerprint density at radius 1 is 0.550 bits per heavy atom. The first-order valence-corrected chi connectivity index (χ1v) is 4.49. The van der Waals surface area contributed by atoms with Gasteiger partial charge in [-0.15, -0.1) is 0 Å². The molecular formula is C8H2F12. The first-order valence-electron chi connectivity index (χ1n) is 4.49. The molecule has 0 amide bonds. The second-order valence-corrected chi connectivity index (χ2v) is 3.83. The van der Waals surface area contributed by atoms with Crippen LogP contribution >= 0.6 is 0 Å². The highest BCUT2D eigenvalue weighted by Gasteiger charge is 2.81. The molecule has 2 aliphatic carbocycles. The lowest BCUT2D eigenvalue weighted by molar-refractivity contribution is -0.351. The van der Waals surface area contributed by atoms with Gasteiger partial charge < -0.3 is 0 Å². The van der Waals surface area contributed by atoms with Gasteiger partial charge in [0.15, 0.2) is 0 Å². The number of alkyl halides is 10. The predicted octanol–water partition coefficient (Wildman–Crippen LogP) is 4.37. The fourth-order valence-electron chi connectivity index (χ4n) is 1.13. The Morgan fingerprint density at radius 3 is 0.850 bits per heavy atom. The lowest BCUT2D eigenvalue weighted by atomic mass is 9.85. The van der Waals surface area contributed by atoms with E-state index in [9.17, 15) is 52.7 Å². The van der Waals surface area contributed by atoms with Gasteiger partial charge in [-0.3, -0.25) is 0 Å². The average Bonchev–Trinajstić information content (AvgIpc) is 2.35. The molecule has 0 aromatic rings. The van der Waals surface area contributed by atoms with E-state index in [2.05, 4.69) is 0 Å². The molecule has 0 aromatic carbocycles. The molecule has 20 heavy (non-hydrogen) atoms. The van der Waals surface area contributed by atoms with Crippen LogP contribution in [0.5, 0.6) is 0 Å². The number of halogens is 12. The molecule has 1 fully saturated rings. The topological polar surface area (TPSA) is 0 Å². The number of rotatable bonds is 0. The Morgan fingerprint density at radius 2 is 0.750 bits per heavy atom. The Labute approximate surface area is 102 Å². The zero-order valence-electron chi connectivity index (χ0n) is 8.69. The van der Waals surface area contributed by atoms with Crippen molar-refractivity contribution in [3.63, 3.8) is 0 Å². The van der Waals surface area contributed by atoms with Gasteiger partial charge in [-0.05, 0) is 0 Å². The summed E-state index contributed by atoms with van der Waals surface area (Å²) in [4.78, 5) is 0. The summed E-state index contributed by atoms with van der Waals surface area (Å²) in [5, 5.41) is 0. The molecule has 0 N–H and O–H groups in total. The molecule has 1 saturated carbocycles. The van der Waals surface area contributed by atoms with Crippen molar-refractivity contribution in [3.8, 4) is 0 Å². The van der Waals surface area contributed by atoms with Crippen molar-refractivity contribution < 1.29 is 52.7 Å². The van der Waals surface area contributed by atoms with Gasteiger partial charge in [-0.25, -0.2) is 17.6 Å². The fraction of sp³-hybridized carbons (Fsp3) is 0.750. The van der Waals surface area contributed by atoms with Crippen molar-refractivity contribution in [1.29, 1.82) is 0 Å². The molecule has 118 valence electrons. The normalized spacial score (nSPS) is 35.4. The largest absolute Gasteiger partial charge is 0.370 e. The van der Waals surface area contributed by atoms with E-state index in [1.54, 1.807) is 0 Å². The van der Waals surface area contributed by atoms with E-state index in [1.165, 1.54) is 0 Å². The molecule has 2 rings (SSSR count). The summed E-state index contributed by atoms with van der Waals surface area (Å²) in [6, 6.07) is 0. The minimum atomic E-state index is -4.95. The molecule has 0 bridgehead atoms. The highest BCUT2D eigenvalue weighted by molar-refractivity contribution is 5.34. The SMILES string of the molecule is FC1=C(F)C(F)(F)C1(F)F.FC1C(F)C(F)(F)C1(F)F. The van der Waals surface area contributed by atoms with E-state index in [0.29, 0.717) is 0 Å². The standard InChI is InChI=1S/C4H2F6.C4F6/c2*5-1-2(6)4(9,10)3(1,7)8/h1-2H;. The van der Waals surface area contributed by atoms with E-state index in [0.717, 1.165) is 0 Å². The quantitative estimate of drug-likeness (QED) is 0.580. The molecule has 0 saturated heterocycles. The summed E-state index contributed by atoms with van der Waals surface area (Å²) in [7, 11) is 0. The van der Waals surface area contributed by atoms with Gasteiger partial charge in [0.25, 0.3) is 0 Å². The molecule has 0 aliphatic heterocycles. The highest BCUT2D eigenvalue weighted by Crippen LogP contribution is 2.56.